The van der Waals surface area contributed by atoms with Crippen LogP contribution in [-0.4, -0.2) is 55.7 Å². The topological polar surface area (TPSA) is 45.7 Å². The molecule has 1 spiro atoms. The number of anilines is 1. The van der Waals surface area contributed by atoms with Gasteiger partial charge in [0.1, 0.15) is 11.6 Å². The zero-order chi connectivity index (χ0) is 19.0. The fraction of sp³-hybridized carbons (Fsp3) is 0.524. The molecule has 0 aliphatic carbocycles. The number of likely N-dealkylation sites (tertiary alicyclic amines) is 1. The van der Waals surface area contributed by atoms with E-state index in [1.165, 1.54) is 12.1 Å². The van der Waals surface area contributed by atoms with Crippen LogP contribution in [0.1, 0.15) is 24.8 Å². The molecule has 5 nitrogen and oxygen atoms in total. The minimum atomic E-state index is -0.321. The van der Waals surface area contributed by atoms with Gasteiger partial charge in [0, 0.05) is 44.7 Å². The summed E-state index contributed by atoms with van der Waals surface area (Å²) in [5.41, 5.74) is 1.42. The maximum absolute atomic E-state index is 13.6. The van der Waals surface area contributed by atoms with Crippen molar-refractivity contribution in [3.8, 4) is 0 Å². The van der Waals surface area contributed by atoms with Crippen LogP contribution >= 0.6 is 0 Å². The molecule has 1 atom stereocenters. The lowest BCUT2D eigenvalue weighted by atomic mass is 9.78. The number of pyridine rings is 1. The highest BCUT2D eigenvalue weighted by atomic mass is 19.1. The molecule has 144 valence electrons. The number of carbonyl (C=O) groups excluding carboxylic acids is 1. The molecular formula is C21H26FN3O2. The van der Waals surface area contributed by atoms with Crippen molar-refractivity contribution in [1.29, 1.82) is 0 Å². The van der Waals surface area contributed by atoms with Crippen LogP contribution in [0.3, 0.4) is 0 Å². The molecule has 4 rings (SSSR count). The van der Waals surface area contributed by atoms with E-state index in [0.717, 1.165) is 49.1 Å². The Labute approximate surface area is 159 Å². The zero-order valence-electron chi connectivity index (χ0n) is 16.0. The maximum atomic E-state index is 13.6. The molecule has 2 aromatic rings. The van der Waals surface area contributed by atoms with Crippen LogP contribution in [0, 0.1) is 18.2 Å². The van der Waals surface area contributed by atoms with Crippen LogP contribution in [0.5, 0.6) is 0 Å². The molecule has 2 aliphatic heterocycles. The van der Waals surface area contributed by atoms with Crippen LogP contribution < -0.4 is 4.90 Å². The number of halogens is 1. The largest absolute Gasteiger partial charge is 0.383 e. The van der Waals surface area contributed by atoms with E-state index in [4.69, 9.17) is 9.72 Å². The van der Waals surface area contributed by atoms with Gasteiger partial charge in [-0.2, -0.15) is 0 Å². The van der Waals surface area contributed by atoms with Gasteiger partial charge in [-0.25, -0.2) is 9.37 Å². The lowest BCUT2D eigenvalue weighted by Gasteiger charge is -2.39. The molecule has 1 aromatic carbocycles. The number of fused-ring (bicyclic) bond motifs is 1. The molecule has 2 aliphatic rings. The highest BCUT2D eigenvalue weighted by molar-refractivity contribution is 5.86. The van der Waals surface area contributed by atoms with E-state index in [1.807, 2.05) is 11.8 Å². The summed E-state index contributed by atoms with van der Waals surface area (Å²) < 4.78 is 18.8. The number of aryl methyl sites for hydroxylation is 1. The summed E-state index contributed by atoms with van der Waals surface area (Å²) >= 11 is 0. The highest BCUT2D eigenvalue weighted by Crippen LogP contribution is 2.41. The molecule has 2 fully saturated rings. The first-order chi connectivity index (χ1) is 13.0. The average Bonchev–Trinajstić information content (AvgIpc) is 3.08. The van der Waals surface area contributed by atoms with Crippen molar-refractivity contribution >= 4 is 22.6 Å². The molecule has 1 amide bonds. The number of amides is 1. The first kappa shape index (κ1) is 18.2. The lowest BCUT2D eigenvalue weighted by Crippen LogP contribution is -2.51. The molecule has 0 radical (unpaired) electrons. The number of hydrogen-bond donors (Lipinski definition) is 0. The summed E-state index contributed by atoms with van der Waals surface area (Å²) in [7, 11) is 1.66. The summed E-state index contributed by atoms with van der Waals surface area (Å²) in [6.07, 6.45) is 2.79. The molecule has 3 heterocycles. The van der Waals surface area contributed by atoms with Gasteiger partial charge in [-0.3, -0.25) is 4.79 Å². The van der Waals surface area contributed by atoms with Gasteiger partial charge in [0.15, 0.2) is 0 Å². The fourth-order valence-electron chi connectivity index (χ4n) is 4.53. The van der Waals surface area contributed by atoms with Gasteiger partial charge >= 0.3 is 0 Å². The van der Waals surface area contributed by atoms with Gasteiger partial charge in [-0.15, -0.1) is 0 Å². The van der Waals surface area contributed by atoms with E-state index < -0.39 is 0 Å². The molecule has 6 heteroatoms. The van der Waals surface area contributed by atoms with E-state index in [0.29, 0.717) is 25.2 Å². The van der Waals surface area contributed by atoms with Crippen LogP contribution in [0.4, 0.5) is 10.2 Å². The van der Waals surface area contributed by atoms with Gasteiger partial charge in [-0.05, 0) is 49.9 Å². The number of rotatable bonds is 4. The van der Waals surface area contributed by atoms with E-state index in [-0.39, 0.29) is 17.1 Å². The molecule has 0 bridgehead atoms. The molecular weight excluding hydrogens is 345 g/mol. The van der Waals surface area contributed by atoms with E-state index in [1.54, 1.807) is 13.2 Å². The Balaban J connectivity index is 1.59. The van der Waals surface area contributed by atoms with Crippen LogP contribution in [0.25, 0.3) is 10.9 Å². The monoisotopic (exact) mass is 371 g/mol. The molecule has 27 heavy (non-hydrogen) atoms. The maximum Gasteiger partial charge on any atom is 0.230 e. The summed E-state index contributed by atoms with van der Waals surface area (Å²) in [4.78, 5) is 22.0. The van der Waals surface area contributed by atoms with Crippen molar-refractivity contribution in [3.05, 3.63) is 35.6 Å². The quantitative estimate of drug-likeness (QED) is 0.828. The average molecular weight is 371 g/mol. The predicted octanol–water partition coefficient (Wildman–Crippen LogP) is 3.15. The van der Waals surface area contributed by atoms with Crippen molar-refractivity contribution in [3.63, 3.8) is 0 Å². The van der Waals surface area contributed by atoms with Gasteiger partial charge in [0.25, 0.3) is 0 Å². The van der Waals surface area contributed by atoms with Crippen LogP contribution in [-0.2, 0) is 9.53 Å². The second kappa shape index (κ2) is 7.08. The summed E-state index contributed by atoms with van der Waals surface area (Å²) in [5, 5.41) is 0.966. The van der Waals surface area contributed by atoms with Crippen molar-refractivity contribution in [2.75, 3.05) is 44.8 Å². The first-order valence-corrected chi connectivity index (χ1v) is 9.63. The molecule has 0 unspecified atom stereocenters. The number of ether oxygens (including phenoxy) is 1. The second-order valence-corrected chi connectivity index (χ2v) is 7.80. The van der Waals surface area contributed by atoms with Crippen molar-refractivity contribution in [1.82, 2.24) is 9.88 Å². The Hall–Kier alpha value is -2.21. The molecule has 0 N–H and O–H groups in total. The minimum absolute atomic E-state index is 0.247. The molecule has 1 aromatic heterocycles. The number of benzene rings is 1. The van der Waals surface area contributed by atoms with Crippen molar-refractivity contribution < 1.29 is 13.9 Å². The SMILES string of the molecule is COCCN1CCC[C@]2(CCN(c3cc(C)c4ccc(F)cc4n3)C2)C1=O. The molecule has 0 saturated carbocycles. The Bertz CT molecular complexity index is 872. The van der Waals surface area contributed by atoms with Crippen LogP contribution in [0.15, 0.2) is 24.3 Å². The number of aromatic nitrogens is 1. The van der Waals surface area contributed by atoms with E-state index in [9.17, 15) is 9.18 Å². The Morgan fingerprint density at radius 2 is 2.11 bits per heavy atom. The predicted molar refractivity (Wildman–Crippen MR) is 103 cm³/mol. The summed E-state index contributed by atoms with van der Waals surface area (Å²) in [6.45, 7) is 5.55. The van der Waals surface area contributed by atoms with Crippen molar-refractivity contribution in [2.45, 2.75) is 26.2 Å². The third-order valence-electron chi connectivity index (χ3n) is 6.03. The Morgan fingerprint density at radius 1 is 1.26 bits per heavy atom. The zero-order valence-corrected chi connectivity index (χ0v) is 16.0. The second-order valence-electron chi connectivity index (χ2n) is 7.80. The first-order valence-electron chi connectivity index (χ1n) is 9.63. The van der Waals surface area contributed by atoms with Crippen molar-refractivity contribution in [2.24, 2.45) is 5.41 Å². The fourth-order valence-corrected chi connectivity index (χ4v) is 4.53. The third-order valence-corrected chi connectivity index (χ3v) is 6.03. The Morgan fingerprint density at radius 3 is 2.93 bits per heavy atom. The van der Waals surface area contributed by atoms with E-state index in [2.05, 4.69) is 11.0 Å². The number of hydrogen-bond acceptors (Lipinski definition) is 4. The Kier molecular flexibility index (Phi) is 4.76. The minimum Gasteiger partial charge on any atom is -0.383 e. The summed E-state index contributed by atoms with van der Waals surface area (Å²) in [6, 6.07) is 6.78. The molecule has 2 saturated heterocycles. The highest BCUT2D eigenvalue weighted by Gasteiger charge is 2.48. The number of carbonyl (C=O) groups is 1. The van der Waals surface area contributed by atoms with Crippen LogP contribution in [0.2, 0.25) is 0 Å². The van der Waals surface area contributed by atoms with Gasteiger partial charge in [0.05, 0.1) is 17.5 Å². The van der Waals surface area contributed by atoms with E-state index >= 15 is 0 Å². The standard InChI is InChI=1S/C21H26FN3O2/c1-15-12-19(23-18-13-16(22)4-5-17(15)18)25-9-7-21(14-25)6-3-8-24(20(21)26)10-11-27-2/h4-5,12-13H,3,6-11,14H2,1-2H3/t21-/m1/s1. The summed E-state index contributed by atoms with van der Waals surface area (Å²) in [5.74, 6) is 0.807. The number of methoxy groups -OCH3 is 1. The third kappa shape index (κ3) is 3.27. The normalized spacial score (nSPS) is 23.0. The van der Waals surface area contributed by atoms with Gasteiger partial charge < -0.3 is 14.5 Å². The smallest absolute Gasteiger partial charge is 0.230 e. The number of piperidine rings is 1. The van der Waals surface area contributed by atoms with Gasteiger partial charge in [0.2, 0.25) is 5.91 Å². The lowest BCUT2D eigenvalue weighted by molar-refractivity contribution is -0.145. The number of nitrogens with zero attached hydrogens (tertiary/aromatic N) is 3. The van der Waals surface area contributed by atoms with Gasteiger partial charge in [-0.1, -0.05) is 0 Å².